The molecule has 0 aromatic carbocycles. The largest absolute Gasteiger partial charge is 0.299 e. The van der Waals surface area contributed by atoms with Crippen molar-refractivity contribution in [3.63, 3.8) is 0 Å². The van der Waals surface area contributed by atoms with Crippen molar-refractivity contribution >= 4 is 0 Å². The molecule has 0 aliphatic heterocycles. The van der Waals surface area contributed by atoms with Crippen molar-refractivity contribution in [2.75, 3.05) is 13.1 Å². The lowest BCUT2D eigenvalue weighted by Gasteiger charge is -2.35. The molecule has 0 spiro atoms. The average molecular weight is 256 g/mol. The summed E-state index contributed by atoms with van der Waals surface area (Å²) in [5.74, 6) is 2.04. The Hall–Kier alpha value is -0.890. The van der Waals surface area contributed by atoms with Gasteiger partial charge in [-0.2, -0.15) is 0 Å². The van der Waals surface area contributed by atoms with Crippen LogP contribution in [0.25, 0.3) is 0 Å². The SMILES string of the molecule is c1cnc2c(c1)CC(N(CC1CC1)CC1CC1)CC2. The Balaban J connectivity index is 1.46. The number of pyridine rings is 1. The second-order valence-corrected chi connectivity index (χ2v) is 6.85. The van der Waals surface area contributed by atoms with Crippen LogP contribution in [0.15, 0.2) is 18.3 Å². The van der Waals surface area contributed by atoms with Gasteiger partial charge in [-0.3, -0.25) is 9.88 Å². The van der Waals surface area contributed by atoms with Crippen molar-refractivity contribution in [3.05, 3.63) is 29.6 Å². The Morgan fingerprint density at radius 2 is 1.79 bits per heavy atom. The summed E-state index contributed by atoms with van der Waals surface area (Å²) >= 11 is 0. The van der Waals surface area contributed by atoms with Crippen LogP contribution in [-0.4, -0.2) is 29.0 Å². The van der Waals surface area contributed by atoms with E-state index in [-0.39, 0.29) is 0 Å². The van der Waals surface area contributed by atoms with Gasteiger partial charge in [0.2, 0.25) is 0 Å². The molecule has 1 aromatic heterocycles. The van der Waals surface area contributed by atoms with E-state index in [0.29, 0.717) is 0 Å². The fraction of sp³-hybridized carbons (Fsp3) is 0.706. The van der Waals surface area contributed by atoms with Gasteiger partial charge in [0.25, 0.3) is 0 Å². The molecule has 1 unspecified atom stereocenters. The maximum atomic E-state index is 4.54. The van der Waals surface area contributed by atoms with E-state index < -0.39 is 0 Å². The van der Waals surface area contributed by atoms with Crippen LogP contribution >= 0.6 is 0 Å². The first-order valence-corrected chi connectivity index (χ1v) is 8.05. The monoisotopic (exact) mass is 256 g/mol. The van der Waals surface area contributed by atoms with E-state index in [4.69, 9.17) is 0 Å². The molecule has 19 heavy (non-hydrogen) atoms. The standard InChI is InChI=1S/C17H24N2/c1-2-15-10-16(7-8-17(15)18-9-1)19(11-13-3-4-13)12-14-5-6-14/h1-2,9,13-14,16H,3-8,10-12H2. The molecular weight excluding hydrogens is 232 g/mol. The molecule has 2 nitrogen and oxygen atoms in total. The van der Waals surface area contributed by atoms with E-state index in [1.54, 1.807) is 0 Å². The number of aromatic nitrogens is 1. The van der Waals surface area contributed by atoms with Crippen LogP contribution in [0.5, 0.6) is 0 Å². The molecule has 0 radical (unpaired) electrons. The van der Waals surface area contributed by atoms with Crippen LogP contribution in [0.2, 0.25) is 0 Å². The molecule has 1 atom stereocenters. The number of hydrogen-bond donors (Lipinski definition) is 0. The second kappa shape index (κ2) is 4.90. The smallest absolute Gasteiger partial charge is 0.0436 e. The molecule has 0 bridgehead atoms. The Bertz CT molecular complexity index is 434. The van der Waals surface area contributed by atoms with Gasteiger partial charge < -0.3 is 0 Å². The highest BCUT2D eigenvalue weighted by Crippen LogP contribution is 2.36. The molecule has 2 fully saturated rings. The topological polar surface area (TPSA) is 16.1 Å². The van der Waals surface area contributed by atoms with Gasteiger partial charge in [-0.05, 0) is 68.4 Å². The minimum Gasteiger partial charge on any atom is -0.299 e. The summed E-state index contributed by atoms with van der Waals surface area (Å²) in [5.41, 5.74) is 2.87. The molecular formula is C17H24N2. The third kappa shape index (κ3) is 2.84. The predicted octanol–water partition coefficient (Wildman–Crippen LogP) is 3.06. The van der Waals surface area contributed by atoms with E-state index in [1.165, 1.54) is 69.3 Å². The predicted molar refractivity (Wildman–Crippen MR) is 77.1 cm³/mol. The zero-order valence-corrected chi connectivity index (χ0v) is 11.7. The molecule has 2 heteroatoms. The normalized spacial score (nSPS) is 26.5. The molecule has 3 aliphatic rings. The van der Waals surface area contributed by atoms with Gasteiger partial charge in [-0.25, -0.2) is 0 Å². The third-order valence-electron chi connectivity index (χ3n) is 5.05. The Morgan fingerprint density at radius 1 is 1.05 bits per heavy atom. The zero-order valence-electron chi connectivity index (χ0n) is 11.7. The zero-order chi connectivity index (χ0) is 12.7. The highest BCUT2D eigenvalue weighted by Gasteiger charge is 2.33. The van der Waals surface area contributed by atoms with E-state index in [2.05, 4.69) is 22.0 Å². The summed E-state index contributed by atoms with van der Waals surface area (Å²) in [6.45, 7) is 2.74. The van der Waals surface area contributed by atoms with Gasteiger partial charge in [0.05, 0.1) is 0 Å². The van der Waals surface area contributed by atoms with Gasteiger partial charge in [0, 0.05) is 31.0 Å². The molecule has 0 saturated heterocycles. The highest BCUT2D eigenvalue weighted by atomic mass is 15.2. The lowest BCUT2D eigenvalue weighted by molar-refractivity contribution is 0.164. The van der Waals surface area contributed by atoms with Gasteiger partial charge in [-0.15, -0.1) is 0 Å². The molecule has 3 aliphatic carbocycles. The molecule has 0 N–H and O–H groups in total. The first kappa shape index (κ1) is 11.9. The van der Waals surface area contributed by atoms with Crippen LogP contribution in [0, 0.1) is 11.8 Å². The minimum atomic E-state index is 0.790. The van der Waals surface area contributed by atoms with Gasteiger partial charge in [-0.1, -0.05) is 6.07 Å². The van der Waals surface area contributed by atoms with Crippen molar-refractivity contribution in [1.29, 1.82) is 0 Å². The van der Waals surface area contributed by atoms with E-state index in [9.17, 15) is 0 Å². The van der Waals surface area contributed by atoms with Crippen LogP contribution in [0.1, 0.15) is 43.4 Å². The van der Waals surface area contributed by atoms with Gasteiger partial charge in [0.1, 0.15) is 0 Å². The van der Waals surface area contributed by atoms with Crippen molar-refractivity contribution < 1.29 is 0 Å². The Kier molecular flexibility index (Phi) is 3.07. The van der Waals surface area contributed by atoms with Crippen molar-refractivity contribution in [3.8, 4) is 0 Å². The maximum absolute atomic E-state index is 4.54. The fourth-order valence-electron chi connectivity index (χ4n) is 3.49. The summed E-state index contributed by atoms with van der Waals surface area (Å²) in [4.78, 5) is 7.38. The first-order valence-electron chi connectivity index (χ1n) is 8.05. The molecule has 1 aromatic rings. The van der Waals surface area contributed by atoms with Crippen molar-refractivity contribution in [2.45, 2.75) is 51.0 Å². The third-order valence-corrected chi connectivity index (χ3v) is 5.05. The lowest BCUT2D eigenvalue weighted by Crippen LogP contribution is -2.42. The summed E-state index contributed by atoms with van der Waals surface area (Å²) in [7, 11) is 0. The molecule has 4 rings (SSSR count). The van der Waals surface area contributed by atoms with E-state index in [1.807, 2.05) is 6.20 Å². The van der Waals surface area contributed by atoms with Crippen LogP contribution in [0.3, 0.4) is 0 Å². The molecule has 2 saturated carbocycles. The van der Waals surface area contributed by atoms with Crippen LogP contribution < -0.4 is 0 Å². The number of hydrogen-bond acceptors (Lipinski definition) is 2. The quantitative estimate of drug-likeness (QED) is 0.805. The van der Waals surface area contributed by atoms with E-state index >= 15 is 0 Å². The summed E-state index contributed by atoms with van der Waals surface area (Å²) < 4.78 is 0. The average Bonchev–Trinajstić information content (AvgIpc) is 3.33. The Labute approximate surface area is 116 Å². The summed E-state index contributed by atoms with van der Waals surface area (Å²) in [5, 5.41) is 0. The lowest BCUT2D eigenvalue weighted by atomic mass is 9.90. The van der Waals surface area contributed by atoms with Crippen molar-refractivity contribution in [2.24, 2.45) is 11.8 Å². The Morgan fingerprint density at radius 3 is 2.47 bits per heavy atom. The van der Waals surface area contributed by atoms with Crippen molar-refractivity contribution in [1.82, 2.24) is 9.88 Å². The molecule has 1 heterocycles. The fourth-order valence-corrected chi connectivity index (χ4v) is 3.49. The first-order chi connectivity index (χ1) is 9.38. The highest BCUT2D eigenvalue weighted by molar-refractivity contribution is 5.24. The van der Waals surface area contributed by atoms with E-state index in [0.717, 1.165) is 17.9 Å². The molecule has 0 amide bonds. The second-order valence-electron chi connectivity index (χ2n) is 6.85. The number of rotatable bonds is 5. The number of fused-ring (bicyclic) bond motifs is 1. The number of nitrogens with zero attached hydrogens (tertiary/aromatic N) is 2. The van der Waals surface area contributed by atoms with Crippen LogP contribution in [-0.2, 0) is 12.8 Å². The number of aryl methyl sites for hydroxylation is 1. The molecule has 102 valence electrons. The summed E-state index contributed by atoms with van der Waals surface area (Å²) in [6.07, 6.45) is 11.6. The summed E-state index contributed by atoms with van der Waals surface area (Å²) in [6, 6.07) is 5.19. The van der Waals surface area contributed by atoms with Gasteiger partial charge >= 0.3 is 0 Å². The van der Waals surface area contributed by atoms with Gasteiger partial charge in [0.15, 0.2) is 0 Å². The van der Waals surface area contributed by atoms with Crippen LogP contribution in [0.4, 0.5) is 0 Å². The minimum absolute atomic E-state index is 0.790. The maximum Gasteiger partial charge on any atom is 0.0436 e.